The molecule has 1 aliphatic rings. The van der Waals surface area contributed by atoms with Crippen molar-refractivity contribution >= 4 is 23.6 Å². The van der Waals surface area contributed by atoms with E-state index in [1.54, 1.807) is 42.5 Å². The van der Waals surface area contributed by atoms with Crippen molar-refractivity contribution in [2.45, 2.75) is 31.5 Å². The van der Waals surface area contributed by atoms with Crippen LogP contribution in [0.3, 0.4) is 0 Å². The maximum absolute atomic E-state index is 13.9. The van der Waals surface area contributed by atoms with Crippen molar-refractivity contribution in [3.05, 3.63) is 83.2 Å². The Morgan fingerprint density at radius 2 is 1.67 bits per heavy atom. The monoisotopic (exact) mass is 542 g/mol. The van der Waals surface area contributed by atoms with Crippen LogP contribution in [-0.2, 0) is 23.9 Å². The Kier molecular flexibility index (Phi) is 8.65. The molecule has 1 aliphatic heterocycles. The van der Waals surface area contributed by atoms with Crippen LogP contribution in [0.25, 0.3) is 0 Å². The summed E-state index contributed by atoms with van der Waals surface area (Å²) >= 11 is 0. The summed E-state index contributed by atoms with van der Waals surface area (Å²) in [6.07, 6.45) is -5.05. The lowest BCUT2D eigenvalue weighted by Crippen LogP contribution is -2.47. The number of nitrogens with two attached hydrogens (primary N) is 1. The molecule has 39 heavy (non-hydrogen) atoms. The van der Waals surface area contributed by atoms with Crippen molar-refractivity contribution < 1.29 is 27.9 Å². The highest BCUT2D eigenvalue weighted by Gasteiger charge is 2.37. The number of piperazine rings is 1. The summed E-state index contributed by atoms with van der Waals surface area (Å²) in [5.41, 5.74) is 6.43. The van der Waals surface area contributed by atoms with Crippen molar-refractivity contribution in [2.24, 2.45) is 5.73 Å². The SMILES string of the molecule is NC(=O)CC(Cc1ccccc1)c1nc(Nc2ccc(CN3CCN(C(=O)O)CC3)cc2)ncc1C(F)(F)F. The van der Waals surface area contributed by atoms with Gasteiger partial charge in [0.15, 0.2) is 0 Å². The van der Waals surface area contributed by atoms with Gasteiger partial charge >= 0.3 is 12.3 Å². The maximum atomic E-state index is 13.9. The van der Waals surface area contributed by atoms with Gasteiger partial charge in [0.05, 0.1) is 11.3 Å². The molecule has 0 radical (unpaired) electrons. The van der Waals surface area contributed by atoms with Gasteiger partial charge in [0, 0.05) is 56.9 Å². The molecule has 0 spiro atoms. The molecule has 4 rings (SSSR count). The Balaban J connectivity index is 1.51. The molecular formula is C27H29F3N6O3. The zero-order valence-electron chi connectivity index (χ0n) is 21.1. The van der Waals surface area contributed by atoms with E-state index in [1.165, 1.54) is 4.90 Å². The zero-order chi connectivity index (χ0) is 28.0. The summed E-state index contributed by atoms with van der Waals surface area (Å²) in [5.74, 6) is -1.65. The number of aromatic nitrogens is 2. The molecule has 2 amide bonds. The summed E-state index contributed by atoms with van der Waals surface area (Å²) in [5, 5.41) is 12.0. The highest BCUT2D eigenvalue weighted by atomic mass is 19.4. The second-order valence-electron chi connectivity index (χ2n) is 9.42. The lowest BCUT2D eigenvalue weighted by Gasteiger charge is -2.33. The van der Waals surface area contributed by atoms with Gasteiger partial charge in [0.25, 0.3) is 0 Å². The van der Waals surface area contributed by atoms with E-state index < -0.39 is 29.7 Å². The smallest absolute Gasteiger partial charge is 0.419 e. The summed E-state index contributed by atoms with van der Waals surface area (Å²) in [6, 6.07) is 16.2. The molecule has 206 valence electrons. The second-order valence-corrected chi connectivity index (χ2v) is 9.42. The van der Waals surface area contributed by atoms with Crippen LogP contribution in [0.1, 0.15) is 34.7 Å². The molecule has 1 unspecified atom stereocenters. The number of halogens is 3. The molecule has 2 heterocycles. The van der Waals surface area contributed by atoms with E-state index >= 15 is 0 Å². The van der Waals surface area contributed by atoms with Gasteiger partial charge in [-0.1, -0.05) is 42.5 Å². The fourth-order valence-electron chi connectivity index (χ4n) is 4.57. The van der Waals surface area contributed by atoms with Gasteiger partial charge in [-0.2, -0.15) is 13.2 Å². The van der Waals surface area contributed by atoms with Crippen LogP contribution >= 0.6 is 0 Å². The number of nitrogens with one attached hydrogen (secondary N) is 1. The van der Waals surface area contributed by atoms with Crippen LogP contribution in [0, 0.1) is 0 Å². The molecule has 1 saturated heterocycles. The number of rotatable bonds is 9. The third-order valence-electron chi connectivity index (χ3n) is 6.54. The molecule has 4 N–H and O–H groups in total. The van der Waals surface area contributed by atoms with Crippen molar-refractivity contribution in [1.82, 2.24) is 19.8 Å². The van der Waals surface area contributed by atoms with Crippen molar-refractivity contribution in [2.75, 3.05) is 31.5 Å². The number of primary amides is 1. The molecule has 1 aromatic heterocycles. The molecule has 3 aromatic rings. The van der Waals surface area contributed by atoms with Gasteiger partial charge in [-0.3, -0.25) is 9.69 Å². The topological polar surface area (TPSA) is 125 Å². The zero-order valence-corrected chi connectivity index (χ0v) is 21.1. The number of alkyl halides is 3. The minimum Gasteiger partial charge on any atom is -0.465 e. The predicted octanol–water partition coefficient (Wildman–Crippen LogP) is 4.24. The minimum atomic E-state index is -4.71. The van der Waals surface area contributed by atoms with Gasteiger partial charge in [-0.05, 0) is 29.7 Å². The minimum absolute atomic E-state index is 0.0296. The van der Waals surface area contributed by atoms with Crippen LogP contribution < -0.4 is 11.1 Å². The van der Waals surface area contributed by atoms with Crippen LogP contribution in [0.2, 0.25) is 0 Å². The molecule has 1 fully saturated rings. The molecule has 0 aliphatic carbocycles. The predicted molar refractivity (Wildman–Crippen MR) is 138 cm³/mol. The first kappa shape index (κ1) is 27.8. The van der Waals surface area contributed by atoms with Crippen molar-refractivity contribution in [3.8, 4) is 0 Å². The highest BCUT2D eigenvalue weighted by Crippen LogP contribution is 2.37. The summed E-state index contributed by atoms with van der Waals surface area (Å²) in [6.45, 7) is 2.80. The Morgan fingerprint density at radius 3 is 2.26 bits per heavy atom. The summed E-state index contributed by atoms with van der Waals surface area (Å²) < 4.78 is 41.7. The number of carbonyl (C=O) groups is 2. The number of amides is 2. The Bertz CT molecular complexity index is 1280. The molecule has 1 atom stereocenters. The first-order valence-corrected chi connectivity index (χ1v) is 12.4. The van der Waals surface area contributed by atoms with E-state index in [-0.39, 0.29) is 24.5 Å². The van der Waals surface area contributed by atoms with Gasteiger partial charge in [0.1, 0.15) is 0 Å². The Morgan fingerprint density at radius 1 is 1.00 bits per heavy atom. The second kappa shape index (κ2) is 12.1. The number of carboxylic acid groups (broad SMARTS) is 1. The third kappa shape index (κ3) is 7.66. The number of nitrogens with zero attached hydrogens (tertiary/aromatic N) is 4. The van der Waals surface area contributed by atoms with E-state index in [1.807, 2.05) is 12.1 Å². The Labute approximate surface area is 223 Å². The van der Waals surface area contributed by atoms with Crippen molar-refractivity contribution in [1.29, 1.82) is 0 Å². The van der Waals surface area contributed by atoms with E-state index in [0.717, 1.165) is 17.3 Å². The van der Waals surface area contributed by atoms with E-state index in [0.29, 0.717) is 38.4 Å². The van der Waals surface area contributed by atoms with Crippen LogP contribution in [0.15, 0.2) is 60.8 Å². The van der Waals surface area contributed by atoms with Gasteiger partial charge in [-0.15, -0.1) is 0 Å². The molecular weight excluding hydrogens is 513 g/mol. The standard InChI is InChI=1S/C27H29F3N6O3/c28-27(29,30)22-16-32-25(34-24(22)20(15-23(31)37)14-18-4-2-1-3-5-18)33-21-8-6-19(7-9-21)17-35-10-12-36(13-11-35)26(38)39/h1-9,16,20H,10-15,17H2,(H2,31,37)(H,38,39)(H,32,33,34). The maximum Gasteiger partial charge on any atom is 0.419 e. The van der Waals surface area contributed by atoms with Gasteiger partial charge in [-0.25, -0.2) is 14.8 Å². The quantitative estimate of drug-likeness (QED) is 0.370. The number of anilines is 2. The average molecular weight is 543 g/mol. The first-order valence-electron chi connectivity index (χ1n) is 12.4. The molecule has 9 nitrogen and oxygen atoms in total. The van der Waals surface area contributed by atoms with E-state index in [2.05, 4.69) is 20.2 Å². The molecule has 0 bridgehead atoms. The van der Waals surface area contributed by atoms with Gasteiger partial charge < -0.3 is 21.1 Å². The normalized spacial score (nSPS) is 15.1. The van der Waals surface area contributed by atoms with Crippen LogP contribution in [-0.4, -0.2) is 63.1 Å². The van der Waals surface area contributed by atoms with E-state index in [9.17, 15) is 22.8 Å². The van der Waals surface area contributed by atoms with Gasteiger partial charge in [0.2, 0.25) is 11.9 Å². The Hall–Kier alpha value is -4.19. The molecule has 12 heteroatoms. The largest absolute Gasteiger partial charge is 0.465 e. The number of hydrogen-bond donors (Lipinski definition) is 3. The first-order chi connectivity index (χ1) is 18.6. The lowest BCUT2D eigenvalue weighted by atomic mass is 9.90. The molecule has 0 saturated carbocycles. The highest BCUT2D eigenvalue weighted by molar-refractivity contribution is 5.75. The third-order valence-corrected chi connectivity index (χ3v) is 6.54. The van der Waals surface area contributed by atoms with Crippen LogP contribution in [0.5, 0.6) is 0 Å². The fraction of sp³-hybridized carbons (Fsp3) is 0.333. The van der Waals surface area contributed by atoms with Crippen LogP contribution in [0.4, 0.5) is 29.6 Å². The number of benzene rings is 2. The molecule has 2 aromatic carbocycles. The van der Waals surface area contributed by atoms with E-state index in [4.69, 9.17) is 10.8 Å². The fourth-order valence-corrected chi connectivity index (χ4v) is 4.57. The average Bonchev–Trinajstić information content (AvgIpc) is 2.89. The summed E-state index contributed by atoms with van der Waals surface area (Å²) in [7, 11) is 0. The summed E-state index contributed by atoms with van der Waals surface area (Å²) in [4.78, 5) is 34.5. The number of hydrogen-bond acceptors (Lipinski definition) is 6. The lowest BCUT2D eigenvalue weighted by molar-refractivity contribution is -0.139. The van der Waals surface area contributed by atoms with Crippen molar-refractivity contribution in [3.63, 3.8) is 0 Å². The number of carbonyl (C=O) groups excluding carboxylic acids is 1.